The van der Waals surface area contributed by atoms with Crippen LogP contribution in [0.2, 0.25) is 5.02 Å². The minimum atomic E-state index is -0.609. The number of hydrogen-bond donors (Lipinski definition) is 1. The fourth-order valence-corrected chi connectivity index (χ4v) is 4.98. The van der Waals surface area contributed by atoms with Gasteiger partial charge < -0.3 is 10.1 Å². The summed E-state index contributed by atoms with van der Waals surface area (Å²) in [5.41, 5.74) is 4.17. The molecule has 3 aromatic rings. The Labute approximate surface area is 188 Å². The minimum Gasteiger partial charge on any atom is -0.452 e. The zero-order chi connectivity index (χ0) is 22.1. The zero-order valence-electron chi connectivity index (χ0n) is 17.0. The third-order valence-electron chi connectivity index (χ3n) is 5.17. The van der Waals surface area contributed by atoms with Gasteiger partial charge in [-0.25, -0.2) is 9.48 Å². The number of ether oxygens (including phenoxy) is 1. The number of carbonyl (C=O) groups is 2. The molecule has 2 heterocycles. The fraction of sp³-hybridized carbons (Fsp3) is 0.273. The van der Waals surface area contributed by atoms with Crippen molar-refractivity contribution in [3.05, 3.63) is 62.2 Å². The maximum Gasteiger partial charge on any atom is 0.338 e. The lowest BCUT2D eigenvalue weighted by molar-refractivity contribution is -0.119. The standard InChI is InChI=1S/C22H19ClN4O3S/c1-12-20(23)13(2)27(26-12)15-8-6-14(7-9-15)22(29)30-11-19(28)25-21-17(10-24)16-4-3-5-18(16)31-21/h6-9H,3-5,11H2,1-2H3,(H,25,28). The number of anilines is 1. The van der Waals surface area contributed by atoms with Crippen LogP contribution in [0.5, 0.6) is 0 Å². The molecule has 0 atom stereocenters. The molecule has 0 saturated heterocycles. The number of aromatic nitrogens is 2. The van der Waals surface area contributed by atoms with E-state index in [1.807, 2.05) is 13.8 Å². The highest BCUT2D eigenvalue weighted by atomic mass is 35.5. The highest BCUT2D eigenvalue weighted by Crippen LogP contribution is 2.38. The summed E-state index contributed by atoms with van der Waals surface area (Å²) in [7, 11) is 0. The van der Waals surface area contributed by atoms with Gasteiger partial charge in [0.25, 0.3) is 5.91 Å². The maximum atomic E-state index is 12.3. The van der Waals surface area contributed by atoms with Gasteiger partial charge in [0.15, 0.2) is 6.61 Å². The lowest BCUT2D eigenvalue weighted by Gasteiger charge is -2.08. The Kier molecular flexibility index (Phi) is 5.81. The van der Waals surface area contributed by atoms with Crippen LogP contribution in [0.25, 0.3) is 5.69 Å². The molecule has 1 aliphatic carbocycles. The maximum absolute atomic E-state index is 12.3. The first-order valence-corrected chi connectivity index (χ1v) is 10.9. The summed E-state index contributed by atoms with van der Waals surface area (Å²) in [4.78, 5) is 25.7. The summed E-state index contributed by atoms with van der Waals surface area (Å²) in [6.07, 6.45) is 2.83. The molecule has 4 rings (SSSR count). The summed E-state index contributed by atoms with van der Waals surface area (Å²) in [6, 6.07) is 8.86. The van der Waals surface area contributed by atoms with Crippen molar-refractivity contribution in [3.8, 4) is 11.8 Å². The van der Waals surface area contributed by atoms with E-state index in [9.17, 15) is 14.9 Å². The second-order valence-corrected chi connectivity index (χ2v) is 8.72. The minimum absolute atomic E-state index is 0.317. The van der Waals surface area contributed by atoms with Crippen LogP contribution in [0.15, 0.2) is 24.3 Å². The SMILES string of the molecule is Cc1nn(-c2ccc(C(=O)OCC(=O)Nc3sc4c(c3C#N)CCC4)cc2)c(C)c1Cl. The van der Waals surface area contributed by atoms with Crippen molar-refractivity contribution in [2.75, 3.05) is 11.9 Å². The number of amides is 1. The van der Waals surface area contributed by atoms with E-state index in [0.717, 1.165) is 46.8 Å². The average Bonchev–Trinajstić information content (AvgIpc) is 3.42. The van der Waals surface area contributed by atoms with Crippen molar-refractivity contribution in [1.82, 2.24) is 9.78 Å². The molecule has 0 spiro atoms. The molecule has 1 N–H and O–H groups in total. The number of hydrogen-bond acceptors (Lipinski definition) is 6. The number of nitriles is 1. The number of carbonyl (C=O) groups excluding carboxylic acids is 2. The smallest absolute Gasteiger partial charge is 0.338 e. The number of benzene rings is 1. The molecule has 0 fully saturated rings. The summed E-state index contributed by atoms with van der Waals surface area (Å²) in [5, 5.41) is 17.6. The summed E-state index contributed by atoms with van der Waals surface area (Å²) < 4.78 is 6.83. The molecular formula is C22H19ClN4O3S. The molecule has 0 bridgehead atoms. The number of nitrogens with one attached hydrogen (secondary N) is 1. The Hall–Kier alpha value is -3.15. The molecule has 158 valence electrons. The number of nitrogens with zero attached hydrogens (tertiary/aromatic N) is 3. The molecular weight excluding hydrogens is 436 g/mol. The molecule has 7 nitrogen and oxygen atoms in total. The van der Waals surface area contributed by atoms with Gasteiger partial charge in [-0.3, -0.25) is 4.79 Å². The second kappa shape index (κ2) is 8.53. The van der Waals surface area contributed by atoms with E-state index in [0.29, 0.717) is 21.2 Å². The Morgan fingerprint density at radius 2 is 2.03 bits per heavy atom. The van der Waals surface area contributed by atoms with E-state index >= 15 is 0 Å². The van der Waals surface area contributed by atoms with Gasteiger partial charge in [0.2, 0.25) is 0 Å². The van der Waals surface area contributed by atoms with Gasteiger partial charge in [-0.1, -0.05) is 11.6 Å². The van der Waals surface area contributed by atoms with Gasteiger partial charge in [0, 0.05) is 4.88 Å². The number of aryl methyl sites for hydroxylation is 2. The van der Waals surface area contributed by atoms with Gasteiger partial charge in [-0.15, -0.1) is 11.3 Å². The molecule has 0 saturated carbocycles. The molecule has 1 aliphatic rings. The largest absolute Gasteiger partial charge is 0.452 e. The number of fused-ring (bicyclic) bond motifs is 1. The molecule has 1 aromatic carbocycles. The molecule has 0 unspecified atom stereocenters. The van der Waals surface area contributed by atoms with E-state index in [4.69, 9.17) is 16.3 Å². The van der Waals surface area contributed by atoms with E-state index in [1.54, 1.807) is 28.9 Å². The number of thiophene rings is 1. The third kappa shape index (κ3) is 4.07. The second-order valence-electron chi connectivity index (χ2n) is 7.24. The van der Waals surface area contributed by atoms with Crippen LogP contribution in [-0.2, 0) is 22.4 Å². The molecule has 1 amide bonds. The predicted molar refractivity (Wildman–Crippen MR) is 118 cm³/mol. The van der Waals surface area contributed by atoms with Crippen LogP contribution in [0.3, 0.4) is 0 Å². The Morgan fingerprint density at radius 1 is 1.29 bits per heavy atom. The van der Waals surface area contributed by atoms with Gasteiger partial charge >= 0.3 is 5.97 Å². The average molecular weight is 455 g/mol. The van der Waals surface area contributed by atoms with Gasteiger partial charge in [-0.05, 0) is 62.9 Å². The third-order valence-corrected chi connectivity index (χ3v) is 6.93. The van der Waals surface area contributed by atoms with Crippen LogP contribution in [0.4, 0.5) is 5.00 Å². The van der Waals surface area contributed by atoms with Crippen molar-refractivity contribution in [2.24, 2.45) is 0 Å². The molecule has 0 radical (unpaired) electrons. The number of halogens is 1. The predicted octanol–water partition coefficient (Wildman–Crippen LogP) is 4.36. The van der Waals surface area contributed by atoms with Gasteiger partial charge in [0.1, 0.15) is 11.1 Å². The van der Waals surface area contributed by atoms with Crippen molar-refractivity contribution in [3.63, 3.8) is 0 Å². The van der Waals surface area contributed by atoms with Crippen molar-refractivity contribution >= 4 is 39.8 Å². The van der Waals surface area contributed by atoms with Crippen molar-refractivity contribution in [1.29, 1.82) is 5.26 Å². The first-order chi connectivity index (χ1) is 14.9. The van der Waals surface area contributed by atoms with Crippen LogP contribution in [0.1, 0.15) is 44.2 Å². The van der Waals surface area contributed by atoms with Crippen LogP contribution >= 0.6 is 22.9 Å². The summed E-state index contributed by atoms with van der Waals surface area (Å²) in [5.74, 6) is -1.08. The van der Waals surface area contributed by atoms with Crippen molar-refractivity contribution < 1.29 is 14.3 Å². The van der Waals surface area contributed by atoms with E-state index in [-0.39, 0.29) is 0 Å². The van der Waals surface area contributed by atoms with E-state index in [1.165, 1.54) is 11.3 Å². The van der Waals surface area contributed by atoms with Gasteiger partial charge in [-0.2, -0.15) is 10.4 Å². The Bertz CT molecular complexity index is 1220. The summed E-state index contributed by atoms with van der Waals surface area (Å²) in [6.45, 7) is 3.26. The quantitative estimate of drug-likeness (QED) is 0.577. The zero-order valence-corrected chi connectivity index (χ0v) is 18.6. The highest BCUT2D eigenvalue weighted by Gasteiger charge is 2.23. The first-order valence-electron chi connectivity index (χ1n) is 9.72. The first kappa shape index (κ1) is 21.1. The normalized spacial score (nSPS) is 12.3. The number of esters is 1. The topological polar surface area (TPSA) is 97.0 Å². The Balaban J connectivity index is 1.37. The van der Waals surface area contributed by atoms with Crippen LogP contribution in [0, 0.1) is 25.2 Å². The van der Waals surface area contributed by atoms with Crippen molar-refractivity contribution in [2.45, 2.75) is 33.1 Å². The lowest BCUT2D eigenvalue weighted by atomic mass is 10.1. The van der Waals surface area contributed by atoms with Gasteiger partial charge in [0.05, 0.1) is 33.2 Å². The number of rotatable bonds is 5. The lowest BCUT2D eigenvalue weighted by Crippen LogP contribution is -2.21. The molecule has 0 aliphatic heterocycles. The Morgan fingerprint density at radius 3 is 2.68 bits per heavy atom. The molecule has 2 aromatic heterocycles. The van der Waals surface area contributed by atoms with E-state index < -0.39 is 18.5 Å². The van der Waals surface area contributed by atoms with E-state index in [2.05, 4.69) is 16.5 Å². The monoisotopic (exact) mass is 454 g/mol. The fourth-order valence-electron chi connectivity index (χ4n) is 3.60. The van der Waals surface area contributed by atoms with Crippen LogP contribution in [-0.4, -0.2) is 28.3 Å². The summed E-state index contributed by atoms with van der Waals surface area (Å²) >= 11 is 7.61. The molecule has 9 heteroatoms. The molecule has 31 heavy (non-hydrogen) atoms. The van der Waals surface area contributed by atoms with Crippen LogP contribution < -0.4 is 5.32 Å². The highest BCUT2D eigenvalue weighted by molar-refractivity contribution is 7.16.